The summed E-state index contributed by atoms with van der Waals surface area (Å²) in [5, 5.41) is 0.626. The summed E-state index contributed by atoms with van der Waals surface area (Å²) >= 11 is 10.6. The standard InChI is InChI=1S/C13H17ClN2O2S/c1-9(13(15)19)7-16(2)12(17)8-18-11-5-3-10(14)4-6-11/h3-6,9H,7-8H2,1-2H3,(H2,15,19). The highest BCUT2D eigenvalue weighted by molar-refractivity contribution is 7.80. The van der Waals surface area contributed by atoms with E-state index in [4.69, 9.17) is 34.3 Å². The first-order valence-corrected chi connectivity index (χ1v) is 6.60. The number of rotatable bonds is 6. The number of thiocarbonyl (C=S) groups is 1. The van der Waals surface area contributed by atoms with Gasteiger partial charge in [-0.15, -0.1) is 0 Å². The van der Waals surface area contributed by atoms with Crippen molar-refractivity contribution in [2.24, 2.45) is 11.7 Å². The Balaban J connectivity index is 2.42. The van der Waals surface area contributed by atoms with E-state index in [1.54, 1.807) is 36.2 Å². The predicted molar refractivity (Wildman–Crippen MR) is 80.5 cm³/mol. The van der Waals surface area contributed by atoms with Crippen molar-refractivity contribution < 1.29 is 9.53 Å². The molecule has 0 aliphatic rings. The van der Waals surface area contributed by atoms with E-state index < -0.39 is 0 Å². The van der Waals surface area contributed by atoms with E-state index in [9.17, 15) is 4.79 Å². The third kappa shape index (κ3) is 5.44. The van der Waals surface area contributed by atoms with E-state index >= 15 is 0 Å². The topological polar surface area (TPSA) is 55.6 Å². The predicted octanol–water partition coefficient (Wildman–Crippen LogP) is 2.10. The number of nitrogens with zero attached hydrogens (tertiary/aromatic N) is 1. The Hall–Kier alpha value is -1.33. The van der Waals surface area contributed by atoms with Crippen molar-refractivity contribution in [1.29, 1.82) is 0 Å². The molecule has 0 aliphatic carbocycles. The lowest BCUT2D eigenvalue weighted by atomic mass is 10.2. The first kappa shape index (κ1) is 15.7. The highest BCUT2D eigenvalue weighted by Crippen LogP contribution is 2.15. The van der Waals surface area contributed by atoms with Crippen molar-refractivity contribution in [2.45, 2.75) is 6.92 Å². The monoisotopic (exact) mass is 300 g/mol. The van der Waals surface area contributed by atoms with Gasteiger partial charge in [-0.2, -0.15) is 0 Å². The smallest absolute Gasteiger partial charge is 0.260 e. The number of carbonyl (C=O) groups excluding carboxylic acids is 1. The van der Waals surface area contributed by atoms with Crippen LogP contribution in [0.25, 0.3) is 0 Å². The zero-order chi connectivity index (χ0) is 14.4. The molecule has 0 fully saturated rings. The van der Waals surface area contributed by atoms with Gasteiger partial charge in [0.05, 0.1) is 4.99 Å². The van der Waals surface area contributed by atoms with Crippen LogP contribution in [0.3, 0.4) is 0 Å². The van der Waals surface area contributed by atoms with E-state index in [1.165, 1.54) is 0 Å². The van der Waals surface area contributed by atoms with E-state index in [1.807, 2.05) is 6.92 Å². The molecule has 4 nitrogen and oxygen atoms in total. The van der Waals surface area contributed by atoms with Crippen LogP contribution in [-0.4, -0.2) is 36.0 Å². The lowest BCUT2D eigenvalue weighted by molar-refractivity contribution is -0.132. The fourth-order valence-corrected chi connectivity index (χ4v) is 1.59. The SMILES string of the molecule is CC(CN(C)C(=O)COc1ccc(Cl)cc1)C(N)=S. The summed E-state index contributed by atoms with van der Waals surface area (Å²) in [7, 11) is 1.70. The normalized spacial score (nSPS) is 11.7. The maximum Gasteiger partial charge on any atom is 0.260 e. The van der Waals surface area contributed by atoms with Gasteiger partial charge in [0.25, 0.3) is 5.91 Å². The Kier molecular flexibility index (Phi) is 6.05. The average Bonchev–Trinajstić information content (AvgIpc) is 2.37. The molecule has 0 heterocycles. The maximum absolute atomic E-state index is 11.8. The largest absolute Gasteiger partial charge is 0.484 e. The van der Waals surface area contributed by atoms with Gasteiger partial charge in [0.1, 0.15) is 5.75 Å². The molecule has 0 saturated heterocycles. The van der Waals surface area contributed by atoms with E-state index in [2.05, 4.69) is 0 Å². The Labute approximate surface area is 123 Å². The molecule has 1 amide bonds. The fraction of sp³-hybridized carbons (Fsp3) is 0.385. The Morgan fingerprint density at radius 3 is 2.58 bits per heavy atom. The number of benzene rings is 1. The molecule has 0 bridgehead atoms. The van der Waals surface area contributed by atoms with Crippen LogP contribution in [0.2, 0.25) is 5.02 Å². The molecule has 1 unspecified atom stereocenters. The number of halogens is 1. The van der Waals surface area contributed by atoms with Crippen LogP contribution in [0.4, 0.5) is 0 Å². The average molecular weight is 301 g/mol. The first-order valence-electron chi connectivity index (χ1n) is 5.81. The van der Waals surface area contributed by atoms with Gasteiger partial charge in [-0.3, -0.25) is 4.79 Å². The number of ether oxygens (including phenoxy) is 1. The van der Waals surface area contributed by atoms with E-state index in [0.717, 1.165) is 0 Å². The fourth-order valence-electron chi connectivity index (χ4n) is 1.39. The Morgan fingerprint density at radius 1 is 1.47 bits per heavy atom. The van der Waals surface area contributed by atoms with Gasteiger partial charge in [0.15, 0.2) is 6.61 Å². The molecule has 1 rings (SSSR count). The van der Waals surface area contributed by atoms with Crippen molar-refractivity contribution in [2.75, 3.05) is 20.2 Å². The molecule has 2 N–H and O–H groups in total. The van der Waals surface area contributed by atoms with Crippen LogP contribution in [-0.2, 0) is 4.79 Å². The number of carbonyl (C=O) groups is 1. The van der Waals surface area contributed by atoms with Crippen molar-refractivity contribution in [3.8, 4) is 5.75 Å². The van der Waals surface area contributed by atoms with Crippen LogP contribution < -0.4 is 10.5 Å². The highest BCUT2D eigenvalue weighted by atomic mass is 35.5. The van der Waals surface area contributed by atoms with Crippen LogP contribution in [0.15, 0.2) is 24.3 Å². The molecule has 0 saturated carbocycles. The minimum absolute atomic E-state index is 0.0144. The summed E-state index contributed by atoms with van der Waals surface area (Å²) in [4.78, 5) is 13.8. The number of nitrogens with two attached hydrogens (primary N) is 1. The van der Waals surface area contributed by atoms with Crippen LogP contribution in [0.1, 0.15) is 6.92 Å². The van der Waals surface area contributed by atoms with Crippen molar-refractivity contribution >= 4 is 34.7 Å². The van der Waals surface area contributed by atoms with Crippen LogP contribution in [0, 0.1) is 5.92 Å². The second-order valence-electron chi connectivity index (χ2n) is 4.32. The lowest BCUT2D eigenvalue weighted by Gasteiger charge is -2.21. The summed E-state index contributed by atoms with van der Waals surface area (Å²) in [6.45, 7) is 2.34. The minimum Gasteiger partial charge on any atom is -0.484 e. The quantitative estimate of drug-likeness (QED) is 0.818. The zero-order valence-electron chi connectivity index (χ0n) is 10.9. The molecular weight excluding hydrogens is 284 g/mol. The highest BCUT2D eigenvalue weighted by Gasteiger charge is 2.14. The zero-order valence-corrected chi connectivity index (χ0v) is 12.5. The summed E-state index contributed by atoms with van der Waals surface area (Å²) < 4.78 is 5.37. The summed E-state index contributed by atoms with van der Waals surface area (Å²) in [6, 6.07) is 6.85. The molecule has 0 aliphatic heterocycles. The lowest BCUT2D eigenvalue weighted by Crippen LogP contribution is -2.37. The number of likely N-dealkylation sites (N-methyl/N-ethyl adjacent to an activating group) is 1. The molecule has 0 aromatic heterocycles. The van der Waals surface area contributed by atoms with Crippen molar-refractivity contribution in [1.82, 2.24) is 4.90 Å². The molecule has 6 heteroatoms. The minimum atomic E-state index is -0.127. The summed E-state index contributed by atoms with van der Waals surface area (Å²) in [6.07, 6.45) is 0. The molecular formula is C13H17ClN2O2S. The molecule has 1 aromatic carbocycles. The van der Waals surface area contributed by atoms with Gasteiger partial charge < -0.3 is 15.4 Å². The molecule has 0 radical (unpaired) electrons. The third-order valence-corrected chi connectivity index (χ3v) is 3.29. The van der Waals surface area contributed by atoms with E-state index in [0.29, 0.717) is 22.3 Å². The first-order chi connectivity index (χ1) is 8.90. The molecule has 104 valence electrons. The summed E-state index contributed by atoms with van der Waals surface area (Å²) in [5.74, 6) is 0.464. The second kappa shape index (κ2) is 7.31. The number of amides is 1. The Bertz CT molecular complexity index is 450. The van der Waals surface area contributed by atoms with E-state index in [-0.39, 0.29) is 18.4 Å². The third-order valence-electron chi connectivity index (χ3n) is 2.64. The van der Waals surface area contributed by atoms with Gasteiger partial charge >= 0.3 is 0 Å². The van der Waals surface area contributed by atoms with Crippen molar-refractivity contribution in [3.63, 3.8) is 0 Å². The second-order valence-corrected chi connectivity index (χ2v) is 5.23. The van der Waals surface area contributed by atoms with Gasteiger partial charge in [-0.1, -0.05) is 30.7 Å². The maximum atomic E-state index is 11.8. The molecule has 1 atom stereocenters. The summed E-state index contributed by atoms with van der Waals surface area (Å²) in [5.41, 5.74) is 5.51. The van der Waals surface area contributed by atoms with Crippen LogP contribution in [0.5, 0.6) is 5.75 Å². The molecule has 1 aromatic rings. The number of hydrogen-bond donors (Lipinski definition) is 1. The molecule has 19 heavy (non-hydrogen) atoms. The van der Waals surface area contributed by atoms with Gasteiger partial charge in [0, 0.05) is 24.5 Å². The number of hydrogen-bond acceptors (Lipinski definition) is 3. The van der Waals surface area contributed by atoms with Crippen LogP contribution >= 0.6 is 23.8 Å². The van der Waals surface area contributed by atoms with Gasteiger partial charge in [-0.25, -0.2) is 0 Å². The van der Waals surface area contributed by atoms with Gasteiger partial charge in [0.2, 0.25) is 0 Å². The van der Waals surface area contributed by atoms with Crippen molar-refractivity contribution in [3.05, 3.63) is 29.3 Å². The Morgan fingerprint density at radius 2 is 2.05 bits per heavy atom. The molecule has 0 spiro atoms. The van der Waals surface area contributed by atoms with Gasteiger partial charge in [-0.05, 0) is 24.3 Å².